The molecule has 1 aliphatic carbocycles. The number of fused-ring (bicyclic) bond motifs is 3. The molecule has 6 heteroatoms. The first-order valence-electron chi connectivity index (χ1n) is 10.9. The number of carbonyl (C=O) groups is 2. The molecule has 2 aromatic carbocycles. The maximum absolute atomic E-state index is 13.7. The first kappa shape index (κ1) is 20.1. The van der Waals surface area contributed by atoms with Gasteiger partial charge in [0.05, 0.1) is 6.54 Å². The maximum Gasteiger partial charge on any atom is 0.271 e. The molecule has 1 atom stereocenters. The van der Waals surface area contributed by atoms with Crippen molar-refractivity contribution >= 4 is 34.3 Å². The van der Waals surface area contributed by atoms with Gasteiger partial charge in [0.1, 0.15) is 11.2 Å². The Morgan fingerprint density at radius 1 is 1.13 bits per heavy atom. The highest BCUT2D eigenvalue weighted by Gasteiger charge is 2.48. The van der Waals surface area contributed by atoms with Crippen molar-refractivity contribution in [3.05, 3.63) is 70.9 Å². The van der Waals surface area contributed by atoms with Crippen LogP contribution in [-0.2, 0) is 17.9 Å². The quantitative estimate of drug-likeness (QED) is 0.641. The van der Waals surface area contributed by atoms with E-state index in [1.54, 1.807) is 4.90 Å². The van der Waals surface area contributed by atoms with Gasteiger partial charge < -0.3 is 14.8 Å². The van der Waals surface area contributed by atoms with E-state index in [2.05, 4.69) is 5.32 Å². The van der Waals surface area contributed by atoms with Crippen LogP contribution in [0, 0.1) is 0 Å². The number of benzene rings is 2. The number of carbonyl (C=O) groups excluding carboxylic acids is 2. The van der Waals surface area contributed by atoms with Crippen LogP contribution >= 0.6 is 11.6 Å². The van der Waals surface area contributed by atoms with E-state index in [0.29, 0.717) is 17.3 Å². The second-order valence-corrected chi connectivity index (χ2v) is 9.29. The molecule has 1 aliphatic heterocycles. The lowest BCUT2D eigenvalue weighted by atomic mass is 9.93. The Hall–Kier alpha value is -2.79. The summed E-state index contributed by atoms with van der Waals surface area (Å²) in [5.41, 5.74) is 1.40. The molecule has 1 saturated carbocycles. The number of para-hydroxylation sites is 1. The molecule has 1 aromatic heterocycles. The normalized spacial score (nSPS) is 21.5. The van der Waals surface area contributed by atoms with Gasteiger partial charge in [-0.05, 0) is 43.5 Å². The smallest absolute Gasteiger partial charge is 0.271 e. The fourth-order valence-electron chi connectivity index (χ4n) is 4.96. The highest BCUT2D eigenvalue weighted by molar-refractivity contribution is 6.31. The van der Waals surface area contributed by atoms with Gasteiger partial charge in [0.15, 0.2) is 0 Å². The van der Waals surface area contributed by atoms with Crippen LogP contribution in [0.1, 0.15) is 48.7 Å². The minimum Gasteiger partial charge on any atom is -0.351 e. The molecule has 2 aliphatic rings. The van der Waals surface area contributed by atoms with Crippen molar-refractivity contribution in [2.45, 2.75) is 57.3 Å². The van der Waals surface area contributed by atoms with Crippen molar-refractivity contribution in [3.63, 3.8) is 0 Å². The maximum atomic E-state index is 13.7. The van der Waals surface area contributed by atoms with E-state index in [9.17, 15) is 9.59 Å². The predicted molar refractivity (Wildman–Crippen MR) is 122 cm³/mol. The molecule has 1 fully saturated rings. The molecule has 5 rings (SSSR count). The molecule has 0 radical (unpaired) electrons. The van der Waals surface area contributed by atoms with Crippen LogP contribution < -0.4 is 5.32 Å². The van der Waals surface area contributed by atoms with Gasteiger partial charge in [0.25, 0.3) is 5.91 Å². The average molecular weight is 436 g/mol. The zero-order valence-electron chi connectivity index (χ0n) is 17.6. The number of nitrogens with zero attached hydrogens (tertiary/aromatic N) is 2. The number of halogens is 1. The third-order valence-electron chi connectivity index (χ3n) is 6.80. The second-order valence-electron chi connectivity index (χ2n) is 8.89. The molecule has 3 aromatic rings. The van der Waals surface area contributed by atoms with E-state index in [1.165, 1.54) is 0 Å². The predicted octanol–water partition coefficient (Wildman–Crippen LogP) is 4.77. The monoisotopic (exact) mass is 435 g/mol. The third-order valence-corrected chi connectivity index (χ3v) is 7.17. The Kier molecular flexibility index (Phi) is 5.01. The van der Waals surface area contributed by atoms with Gasteiger partial charge in [-0.2, -0.15) is 0 Å². The number of hydrogen-bond donors (Lipinski definition) is 1. The highest BCUT2D eigenvalue weighted by atomic mass is 35.5. The Labute approximate surface area is 187 Å². The molecular weight excluding hydrogens is 410 g/mol. The Bertz CT molecular complexity index is 1160. The van der Waals surface area contributed by atoms with Gasteiger partial charge in [0.2, 0.25) is 5.91 Å². The molecule has 0 saturated heterocycles. The molecule has 0 spiro atoms. The Balaban J connectivity index is 1.58. The topological polar surface area (TPSA) is 54.3 Å². The van der Waals surface area contributed by atoms with Crippen molar-refractivity contribution in [2.24, 2.45) is 0 Å². The van der Waals surface area contributed by atoms with Gasteiger partial charge >= 0.3 is 0 Å². The lowest BCUT2D eigenvalue weighted by molar-refractivity contribution is -0.133. The van der Waals surface area contributed by atoms with Crippen molar-refractivity contribution in [1.29, 1.82) is 0 Å². The summed E-state index contributed by atoms with van der Waals surface area (Å²) in [5, 5.41) is 4.83. The molecular formula is C25H26ClN3O2. The number of hydrogen-bond acceptors (Lipinski definition) is 2. The van der Waals surface area contributed by atoms with Crippen molar-refractivity contribution in [2.75, 3.05) is 0 Å². The first-order valence-corrected chi connectivity index (χ1v) is 11.3. The van der Waals surface area contributed by atoms with Gasteiger partial charge in [-0.25, -0.2) is 0 Å². The number of nitrogens with one attached hydrogen (secondary N) is 1. The van der Waals surface area contributed by atoms with Crippen LogP contribution in [-0.4, -0.2) is 32.9 Å². The number of rotatable bonds is 4. The fraction of sp³-hybridized carbons (Fsp3) is 0.360. The van der Waals surface area contributed by atoms with Gasteiger partial charge in [-0.1, -0.05) is 60.8 Å². The van der Waals surface area contributed by atoms with Crippen LogP contribution in [0.15, 0.2) is 54.6 Å². The largest absolute Gasteiger partial charge is 0.351 e. The van der Waals surface area contributed by atoms with Crippen LogP contribution in [0.4, 0.5) is 0 Å². The summed E-state index contributed by atoms with van der Waals surface area (Å²) in [4.78, 5) is 29.1. The highest BCUT2D eigenvalue weighted by Crippen LogP contribution is 2.34. The van der Waals surface area contributed by atoms with Gasteiger partial charge in [-0.15, -0.1) is 0 Å². The number of amides is 2. The number of aromatic nitrogens is 1. The van der Waals surface area contributed by atoms with Crippen LogP contribution in [0.2, 0.25) is 5.02 Å². The van der Waals surface area contributed by atoms with Crippen molar-refractivity contribution < 1.29 is 9.59 Å². The van der Waals surface area contributed by atoms with E-state index in [1.807, 2.05) is 66.1 Å². The SMILES string of the molecule is C[C@@]1(C(=O)NC2CCCC2)Cn2c(cc3ccccc32)C(=O)N1Cc1ccccc1Cl. The van der Waals surface area contributed by atoms with Gasteiger partial charge in [-0.3, -0.25) is 9.59 Å². The summed E-state index contributed by atoms with van der Waals surface area (Å²) in [7, 11) is 0. The van der Waals surface area contributed by atoms with E-state index >= 15 is 0 Å². The molecule has 31 heavy (non-hydrogen) atoms. The van der Waals surface area contributed by atoms with Crippen molar-refractivity contribution in [3.8, 4) is 0 Å². The standard InChI is InChI=1S/C25H26ClN3O2/c1-25(24(31)27-19-10-4-5-11-19)16-28-21-13-7-3-8-17(21)14-22(28)23(30)29(25)15-18-9-2-6-12-20(18)26/h2-3,6-9,12-14,19H,4-5,10-11,15-16H2,1H3,(H,27,31)/t25-/m0/s1. The summed E-state index contributed by atoms with van der Waals surface area (Å²) < 4.78 is 2.00. The molecule has 2 amide bonds. The average Bonchev–Trinajstić information content (AvgIpc) is 3.40. The summed E-state index contributed by atoms with van der Waals surface area (Å²) in [6, 6.07) is 17.5. The Morgan fingerprint density at radius 3 is 2.61 bits per heavy atom. The van der Waals surface area contributed by atoms with E-state index in [-0.39, 0.29) is 24.4 Å². The second kappa shape index (κ2) is 7.72. The molecule has 1 N–H and O–H groups in total. The minimum atomic E-state index is -1.02. The van der Waals surface area contributed by atoms with E-state index in [0.717, 1.165) is 42.1 Å². The fourth-order valence-corrected chi connectivity index (χ4v) is 5.16. The molecule has 0 bridgehead atoms. The first-order chi connectivity index (χ1) is 15.0. The lowest BCUT2D eigenvalue weighted by Crippen LogP contribution is -2.64. The molecule has 5 nitrogen and oxygen atoms in total. The summed E-state index contributed by atoms with van der Waals surface area (Å²) in [6.45, 7) is 2.57. The zero-order chi connectivity index (χ0) is 21.6. The van der Waals surface area contributed by atoms with Crippen molar-refractivity contribution in [1.82, 2.24) is 14.8 Å². The van der Waals surface area contributed by atoms with E-state index in [4.69, 9.17) is 11.6 Å². The van der Waals surface area contributed by atoms with Crippen LogP contribution in [0.25, 0.3) is 10.9 Å². The minimum absolute atomic E-state index is 0.0942. The molecule has 2 heterocycles. The van der Waals surface area contributed by atoms with Gasteiger partial charge in [0, 0.05) is 28.5 Å². The zero-order valence-corrected chi connectivity index (χ0v) is 18.4. The Morgan fingerprint density at radius 2 is 1.84 bits per heavy atom. The summed E-state index contributed by atoms with van der Waals surface area (Å²) >= 11 is 6.42. The molecule has 0 unspecified atom stereocenters. The van der Waals surface area contributed by atoms with E-state index < -0.39 is 5.54 Å². The lowest BCUT2D eigenvalue weighted by Gasteiger charge is -2.44. The summed E-state index contributed by atoms with van der Waals surface area (Å²) in [5.74, 6) is -0.241. The third kappa shape index (κ3) is 3.41. The van der Waals surface area contributed by atoms with Crippen LogP contribution in [0.5, 0.6) is 0 Å². The summed E-state index contributed by atoms with van der Waals surface area (Å²) in [6.07, 6.45) is 4.27. The molecule has 160 valence electrons. The van der Waals surface area contributed by atoms with Crippen LogP contribution in [0.3, 0.4) is 0 Å².